The van der Waals surface area contributed by atoms with E-state index in [1.54, 1.807) is 19.9 Å². The Kier molecular flexibility index (Phi) is 4.35. The summed E-state index contributed by atoms with van der Waals surface area (Å²) < 4.78 is 69.6. The third kappa shape index (κ3) is 3.69. The van der Waals surface area contributed by atoms with Crippen LogP contribution in [0.25, 0.3) is 0 Å². The van der Waals surface area contributed by atoms with Crippen LogP contribution in [0.15, 0.2) is 39.6 Å². The molecular weight excluding hydrogens is 319 g/mol. The van der Waals surface area contributed by atoms with Gasteiger partial charge in [0, 0.05) is 12.1 Å². The molecule has 0 spiro atoms. The number of benzene rings is 1. The number of hydrogen-bond acceptors (Lipinski definition) is 3. The molecule has 0 amide bonds. The van der Waals surface area contributed by atoms with Crippen LogP contribution < -0.4 is 4.72 Å². The first kappa shape index (κ1) is 16.6. The van der Waals surface area contributed by atoms with Gasteiger partial charge in [0.1, 0.15) is 11.5 Å². The SMILES string of the molecule is Cc1cc(CNS(=O)(=O)c2cccc(C(F)(F)F)c2)c(C)o1. The van der Waals surface area contributed by atoms with Crippen LogP contribution in [0.3, 0.4) is 0 Å². The average molecular weight is 333 g/mol. The van der Waals surface area contributed by atoms with E-state index in [2.05, 4.69) is 4.72 Å². The van der Waals surface area contributed by atoms with Crippen LogP contribution in [-0.4, -0.2) is 8.42 Å². The van der Waals surface area contributed by atoms with Gasteiger partial charge in [0.15, 0.2) is 0 Å². The maximum atomic E-state index is 12.6. The molecule has 8 heteroatoms. The van der Waals surface area contributed by atoms with Crippen molar-refractivity contribution in [3.05, 3.63) is 53.0 Å². The number of rotatable bonds is 4. The molecule has 0 unspecified atom stereocenters. The van der Waals surface area contributed by atoms with Crippen molar-refractivity contribution in [3.63, 3.8) is 0 Å². The molecule has 1 aromatic heterocycles. The van der Waals surface area contributed by atoms with Crippen molar-refractivity contribution in [1.29, 1.82) is 0 Å². The second-order valence-electron chi connectivity index (χ2n) is 4.79. The minimum Gasteiger partial charge on any atom is -0.466 e. The molecule has 4 nitrogen and oxygen atoms in total. The Morgan fingerprint density at radius 3 is 2.41 bits per heavy atom. The monoisotopic (exact) mass is 333 g/mol. The molecule has 0 radical (unpaired) electrons. The summed E-state index contributed by atoms with van der Waals surface area (Å²) in [5.41, 5.74) is -0.376. The first-order chi connectivity index (χ1) is 10.1. The van der Waals surface area contributed by atoms with Gasteiger partial charge < -0.3 is 4.42 Å². The van der Waals surface area contributed by atoms with Gasteiger partial charge in [0.2, 0.25) is 10.0 Å². The van der Waals surface area contributed by atoms with E-state index < -0.39 is 26.7 Å². The van der Waals surface area contributed by atoms with E-state index in [9.17, 15) is 21.6 Å². The molecule has 1 N–H and O–H groups in total. The van der Waals surface area contributed by atoms with Crippen molar-refractivity contribution < 1.29 is 26.0 Å². The van der Waals surface area contributed by atoms with E-state index in [1.807, 2.05) is 0 Å². The fourth-order valence-corrected chi connectivity index (χ4v) is 3.01. The molecule has 0 bridgehead atoms. The molecular formula is C14H14F3NO3S. The lowest BCUT2D eigenvalue weighted by molar-refractivity contribution is -0.137. The summed E-state index contributed by atoms with van der Waals surface area (Å²) in [4.78, 5) is -0.430. The van der Waals surface area contributed by atoms with Gasteiger partial charge in [0.25, 0.3) is 0 Å². The number of hydrogen-bond donors (Lipinski definition) is 1. The fourth-order valence-electron chi connectivity index (χ4n) is 1.95. The van der Waals surface area contributed by atoms with Crippen molar-refractivity contribution in [2.45, 2.75) is 31.5 Å². The molecule has 0 fully saturated rings. The zero-order valence-electron chi connectivity index (χ0n) is 11.9. The third-order valence-corrected chi connectivity index (χ3v) is 4.47. The molecule has 120 valence electrons. The highest BCUT2D eigenvalue weighted by Gasteiger charge is 2.31. The lowest BCUT2D eigenvalue weighted by Crippen LogP contribution is -2.23. The highest BCUT2D eigenvalue weighted by molar-refractivity contribution is 7.89. The topological polar surface area (TPSA) is 59.3 Å². The summed E-state index contributed by atoms with van der Waals surface area (Å²) in [6, 6.07) is 5.28. The van der Waals surface area contributed by atoms with Crippen LogP contribution in [0.2, 0.25) is 0 Å². The van der Waals surface area contributed by atoms with E-state index in [0.29, 0.717) is 23.2 Å². The van der Waals surface area contributed by atoms with Gasteiger partial charge in [-0.3, -0.25) is 0 Å². The molecule has 0 aliphatic rings. The van der Waals surface area contributed by atoms with E-state index in [-0.39, 0.29) is 6.54 Å². The Morgan fingerprint density at radius 2 is 1.86 bits per heavy atom. The largest absolute Gasteiger partial charge is 0.466 e. The Labute approximate surface area is 126 Å². The maximum absolute atomic E-state index is 12.6. The lowest BCUT2D eigenvalue weighted by atomic mass is 10.2. The number of alkyl halides is 3. The summed E-state index contributed by atoms with van der Waals surface area (Å²) in [6.45, 7) is 3.35. The summed E-state index contributed by atoms with van der Waals surface area (Å²) in [5.74, 6) is 1.19. The number of nitrogens with one attached hydrogen (secondary N) is 1. The highest BCUT2D eigenvalue weighted by atomic mass is 32.2. The van der Waals surface area contributed by atoms with E-state index >= 15 is 0 Å². The van der Waals surface area contributed by atoms with Crippen molar-refractivity contribution in [2.75, 3.05) is 0 Å². The molecule has 0 aliphatic carbocycles. The minimum atomic E-state index is -4.59. The quantitative estimate of drug-likeness (QED) is 0.933. The predicted octanol–water partition coefficient (Wildman–Crippen LogP) is 3.39. The molecule has 1 heterocycles. The van der Waals surface area contributed by atoms with Gasteiger partial charge in [0.05, 0.1) is 10.5 Å². The van der Waals surface area contributed by atoms with Gasteiger partial charge in [-0.2, -0.15) is 13.2 Å². The van der Waals surface area contributed by atoms with E-state index in [1.165, 1.54) is 0 Å². The maximum Gasteiger partial charge on any atom is 0.416 e. The molecule has 1 aromatic carbocycles. The second kappa shape index (κ2) is 5.77. The van der Waals surface area contributed by atoms with Crippen molar-refractivity contribution in [2.24, 2.45) is 0 Å². The van der Waals surface area contributed by atoms with Crippen LogP contribution in [0.5, 0.6) is 0 Å². The average Bonchev–Trinajstić information content (AvgIpc) is 2.74. The van der Waals surface area contributed by atoms with Crippen molar-refractivity contribution >= 4 is 10.0 Å². The number of halogens is 3. The Balaban J connectivity index is 2.22. The highest BCUT2D eigenvalue weighted by Crippen LogP contribution is 2.30. The first-order valence-corrected chi connectivity index (χ1v) is 7.81. The fraction of sp³-hybridized carbons (Fsp3) is 0.286. The molecule has 2 rings (SSSR count). The third-order valence-electron chi connectivity index (χ3n) is 3.07. The summed E-state index contributed by atoms with van der Waals surface area (Å²) in [5, 5.41) is 0. The van der Waals surface area contributed by atoms with Crippen LogP contribution in [0, 0.1) is 13.8 Å². The Bertz CT molecular complexity index is 779. The number of sulfonamides is 1. The number of furan rings is 1. The van der Waals surface area contributed by atoms with Crippen molar-refractivity contribution in [1.82, 2.24) is 4.72 Å². The second-order valence-corrected chi connectivity index (χ2v) is 6.56. The van der Waals surface area contributed by atoms with E-state index in [4.69, 9.17) is 4.42 Å². The van der Waals surface area contributed by atoms with Gasteiger partial charge in [-0.15, -0.1) is 0 Å². The molecule has 0 saturated heterocycles. The summed E-state index contributed by atoms with van der Waals surface area (Å²) in [7, 11) is -4.04. The zero-order chi connectivity index (χ0) is 16.5. The predicted molar refractivity (Wildman–Crippen MR) is 73.7 cm³/mol. The van der Waals surface area contributed by atoms with Gasteiger partial charge in [-0.25, -0.2) is 13.1 Å². The van der Waals surface area contributed by atoms with Gasteiger partial charge >= 0.3 is 6.18 Å². The van der Waals surface area contributed by atoms with Crippen LogP contribution in [-0.2, 0) is 22.7 Å². The number of aryl methyl sites for hydroxylation is 2. The van der Waals surface area contributed by atoms with Gasteiger partial charge in [-0.05, 0) is 38.1 Å². The minimum absolute atomic E-state index is 0.0538. The molecule has 0 aliphatic heterocycles. The summed E-state index contributed by atoms with van der Waals surface area (Å²) in [6.07, 6.45) is -4.59. The molecule has 0 saturated carbocycles. The zero-order valence-corrected chi connectivity index (χ0v) is 12.7. The summed E-state index contributed by atoms with van der Waals surface area (Å²) >= 11 is 0. The lowest BCUT2D eigenvalue weighted by Gasteiger charge is -2.10. The molecule has 0 atom stereocenters. The smallest absolute Gasteiger partial charge is 0.416 e. The molecule has 2 aromatic rings. The van der Waals surface area contributed by atoms with Gasteiger partial charge in [-0.1, -0.05) is 6.07 Å². The van der Waals surface area contributed by atoms with Crippen LogP contribution in [0.1, 0.15) is 22.6 Å². The Morgan fingerprint density at radius 1 is 1.18 bits per heavy atom. The van der Waals surface area contributed by atoms with Crippen LogP contribution in [0.4, 0.5) is 13.2 Å². The van der Waals surface area contributed by atoms with Crippen LogP contribution >= 0.6 is 0 Å². The Hall–Kier alpha value is -1.80. The van der Waals surface area contributed by atoms with E-state index in [0.717, 1.165) is 18.2 Å². The normalized spacial score (nSPS) is 12.6. The van der Waals surface area contributed by atoms with Crippen molar-refractivity contribution in [3.8, 4) is 0 Å². The molecule has 22 heavy (non-hydrogen) atoms. The first-order valence-electron chi connectivity index (χ1n) is 6.32. The standard InChI is InChI=1S/C14H14F3NO3S/c1-9-6-11(10(2)21-9)8-18-22(19,20)13-5-3-4-12(7-13)14(15,16)17/h3-7,18H,8H2,1-2H3.